The quantitative estimate of drug-likeness (QED) is 0.456. The second kappa shape index (κ2) is 7.12. The summed E-state index contributed by atoms with van der Waals surface area (Å²) >= 11 is 0. The summed E-state index contributed by atoms with van der Waals surface area (Å²) in [4.78, 5) is 11.9. The molecule has 0 saturated carbocycles. The van der Waals surface area contributed by atoms with Crippen molar-refractivity contribution >= 4 is 16.9 Å². The second-order valence-corrected chi connectivity index (χ2v) is 6.74. The molecule has 3 aromatic carbocycles. The lowest BCUT2D eigenvalue weighted by Crippen LogP contribution is -2.05. The molecule has 0 aliphatic heterocycles. The molecule has 0 aliphatic carbocycles. The molecule has 4 rings (SSSR count). The Morgan fingerprint density at radius 2 is 1.74 bits per heavy atom. The van der Waals surface area contributed by atoms with Crippen molar-refractivity contribution in [3.63, 3.8) is 0 Å². The van der Waals surface area contributed by atoms with Crippen LogP contribution in [0.4, 0.5) is 0 Å². The van der Waals surface area contributed by atoms with E-state index in [9.17, 15) is 4.79 Å². The van der Waals surface area contributed by atoms with Gasteiger partial charge in [0.25, 0.3) is 0 Å². The fourth-order valence-corrected chi connectivity index (χ4v) is 3.51. The van der Waals surface area contributed by atoms with Crippen molar-refractivity contribution in [2.24, 2.45) is 0 Å². The maximum absolute atomic E-state index is 11.9. The number of carbonyl (C=O) groups excluding carboxylic acids is 1. The molecule has 0 aliphatic rings. The standard InChI is InChI=1S/C24H21NO2/c1-17-11-12-22-21(13-17)15-23(19-8-4-3-5-9-19)25(22)16-18-7-6-10-20(14-18)24(26)27-2/h3-15H,16H2,1-2H3. The zero-order valence-corrected chi connectivity index (χ0v) is 15.5. The van der Waals surface area contributed by atoms with Gasteiger partial charge in [-0.2, -0.15) is 0 Å². The fraction of sp³-hybridized carbons (Fsp3) is 0.125. The predicted molar refractivity (Wildman–Crippen MR) is 109 cm³/mol. The van der Waals surface area contributed by atoms with Gasteiger partial charge in [-0.05, 0) is 48.4 Å². The molecule has 0 unspecified atom stereocenters. The minimum atomic E-state index is -0.312. The predicted octanol–water partition coefficient (Wildman–Crippen LogP) is 5.45. The van der Waals surface area contributed by atoms with Crippen LogP contribution in [0.15, 0.2) is 78.9 Å². The Labute approximate surface area is 158 Å². The van der Waals surface area contributed by atoms with Gasteiger partial charge in [0.15, 0.2) is 0 Å². The molecular formula is C24H21NO2. The number of aromatic nitrogens is 1. The summed E-state index contributed by atoms with van der Waals surface area (Å²) < 4.78 is 7.16. The maximum Gasteiger partial charge on any atom is 0.337 e. The summed E-state index contributed by atoms with van der Waals surface area (Å²) in [6.45, 7) is 2.79. The van der Waals surface area contributed by atoms with Crippen LogP contribution in [0, 0.1) is 6.92 Å². The molecule has 4 aromatic rings. The number of benzene rings is 3. The molecule has 0 radical (unpaired) electrons. The van der Waals surface area contributed by atoms with Crippen LogP contribution < -0.4 is 0 Å². The van der Waals surface area contributed by atoms with Gasteiger partial charge >= 0.3 is 5.97 Å². The third-order valence-electron chi connectivity index (χ3n) is 4.82. The first-order valence-corrected chi connectivity index (χ1v) is 8.98. The highest BCUT2D eigenvalue weighted by atomic mass is 16.5. The van der Waals surface area contributed by atoms with E-state index in [0.717, 1.165) is 5.56 Å². The number of ether oxygens (including phenoxy) is 1. The average molecular weight is 355 g/mol. The van der Waals surface area contributed by atoms with Crippen LogP contribution in [0.1, 0.15) is 21.5 Å². The van der Waals surface area contributed by atoms with E-state index in [4.69, 9.17) is 4.74 Å². The summed E-state index contributed by atoms with van der Waals surface area (Å²) in [5.74, 6) is -0.312. The number of hydrogen-bond acceptors (Lipinski definition) is 2. The van der Waals surface area contributed by atoms with Crippen molar-refractivity contribution in [3.8, 4) is 11.3 Å². The Balaban J connectivity index is 1.84. The van der Waals surface area contributed by atoms with Crippen LogP contribution in [-0.2, 0) is 11.3 Å². The highest BCUT2D eigenvalue weighted by Crippen LogP contribution is 2.30. The first-order chi connectivity index (χ1) is 13.2. The van der Waals surface area contributed by atoms with E-state index < -0.39 is 0 Å². The molecule has 134 valence electrons. The Hall–Kier alpha value is -3.33. The van der Waals surface area contributed by atoms with Gasteiger partial charge in [-0.15, -0.1) is 0 Å². The highest BCUT2D eigenvalue weighted by Gasteiger charge is 2.12. The van der Waals surface area contributed by atoms with Gasteiger partial charge in [0.2, 0.25) is 0 Å². The molecule has 0 atom stereocenters. The van der Waals surface area contributed by atoms with Crippen molar-refractivity contribution in [1.29, 1.82) is 0 Å². The summed E-state index contributed by atoms with van der Waals surface area (Å²) in [7, 11) is 1.41. The number of fused-ring (bicyclic) bond motifs is 1. The number of hydrogen-bond donors (Lipinski definition) is 0. The highest BCUT2D eigenvalue weighted by molar-refractivity contribution is 5.90. The van der Waals surface area contributed by atoms with E-state index >= 15 is 0 Å². The van der Waals surface area contributed by atoms with E-state index in [2.05, 4.69) is 60.0 Å². The number of rotatable bonds is 4. The van der Waals surface area contributed by atoms with Gasteiger partial charge in [-0.25, -0.2) is 4.79 Å². The zero-order chi connectivity index (χ0) is 18.8. The van der Waals surface area contributed by atoms with E-state index in [-0.39, 0.29) is 5.97 Å². The molecule has 0 N–H and O–H groups in total. The van der Waals surface area contributed by atoms with Crippen LogP contribution in [0.3, 0.4) is 0 Å². The lowest BCUT2D eigenvalue weighted by molar-refractivity contribution is 0.0600. The summed E-state index contributed by atoms with van der Waals surface area (Å²) in [6, 6.07) is 26.8. The van der Waals surface area contributed by atoms with Crippen LogP contribution in [-0.4, -0.2) is 17.6 Å². The van der Waals surface area contributed by atoms with E-state index in [1.807, 2.05) is 24.3 Å². The molecule has 3 nitrogen and oxygen atoms in total. The van der Waals surface area contributed by atoms with Crippen molar-refractivity contribution < 1.29 is 9.53 Å². The first-order valence-electron chi connectivity index (χ1n) is 8.98. The molecule has 1 aromatic heterocycles. The van der Waals surface area contributed by atoms with Crippen molar-refractivity contribution in [2.75, 3.05) is 7.11 Å². The Kier molecular flexibility index (Phi) is 4.51. The van der Waals surface area contributed by atoms with Gasteiger partial charge in [0, 0.05) is 23.1 Å². The topological polar surface area (TPSA) is 31.2 Å². The molecular weight excluding hydrogens is 334 g/mol. The van der Waals surface area contributed by atoms with Gasteiger partial charge in [0.1, 0.15) is 0 Å². The summed E-state index contributed by atoms with van der Waals surface area (Å²) in [6.07, 6.45) is 0. The van der Waals surface area contributed by atoms with Crippen LogP contribution >= 0.6 is 0 Å². The Morgan fingerprint density at radius 1 is 0.926 bits per heavy atom. The number of methoxy groups -OCH3 is 1. The molecule has 27 heavy (non-hydrogen) atoms. The monoisotopic (exact) mass is 355 g/mol. The van der Waals surface area contributed by atoms with E-state index in [1.165, 1.54) is 34.8 Å². The van der Waals surface area contributed by atoms with Crippen molar-refractivity contribution in [2.45, 2.75) is 13.5 Å². The van der Waals surface area contributed by atoms with Crippen molar-refractivity contribution in [1.82, 2.24) is 4.57 Å². The SMILES string of the molecule is COC(=O)c1cccc(Cn2c(-c3ccccc3)cc3cc(C)ccc32)c1. The lowest BCUT2D eigenvalue weighted by atomic mass is 10.1. The number of nitrogens with zero attached hydrogens (tertiary/aromatic N) is 1. The maximum atomic E-state index is 11.9. The molecule has 0 bridgehead atoms. The lowest BCUT2D eigenvalue weighted by Gasteiger charge is -2.12. The summed E-state index contributed by atoms with van der Waals surface area (Å²) in [5.41, 5.74) is 6.40. The summed E-state index contributed by atoms with van der Waals surface area (Å²) in [5, 5.41) is 1.22. The normalized spacial score (nSPS) is 10.9. The Morgan fingerprint density at radius 3 is 2.52 bits per heavy atom. The fourth-order valence-electron chi connectivity index (χ4n) is 3.51. The van der Waals surface area contributed by atoms with E-state index in [0.29, 0.717) is 12.1 Å². The smallest absolute Gasteiger partial charge is 0.337 e. The molecule has 0 fully saturated rings. The number of carbonyl (C=O) groups is 1. The molecule has 0 saturated heterocycles. The third-order valence-corrected chi connectivity index (χ3v) is 4.82. The average Bonchev–Trinajstić information content (AvgIpc) is 3.05. The van der Waals surface area contributed by atoms with Gasteiger partial charge in [-0.3, -0.25) is 0 Å². The zero-order valence-electron chi connectivity index (χ0n) is 15.5. The number of aryl methyl sites for hydroxylation is 1. The van der Waals surface area contributed by atoms with Gasteiger partial charge in [-0.1, -0.05) is 54.1 Å². The number of esters is 1. The van der Waals surface area contributed by atoms with Gasteiger partial charge in [0.05, 0.1) is 12.7 Å². The Bertz CT molecular complexity index is 1110. The van der Waals surface area contributed by atoms with Crippen molar-refractivity contribution in [3.05, 3.63) is 95.6 Å². The van der Waals surface area contributed by atoms with Crippen LogP contribution in [0.2, 0.25) is 0 Å². The van der Waals surface area contributed by atoms with Crippen LogP contribution in [0.5, 0.6) is 0 Å². The third kappa shape index (κ3) is 3.36. The molecule has 3 heteroatoms. The molecule has 1 heterocycles. The molecule has 0 spiro atoms. The largest absolute Gasteiger partial charge is 0.465 e. The van der Waals surface area contributed by atoms with Crippen LogP contribution in [0.25, 0.3) is 22.2 Å². The first kappa shape index (κ1) is 17.1. The molecule has 0 amide bonds. The second-order valence-electron chi connectivity index (χ2n) is 6.74. The minimum absolute atomic E-state index is 0.312. The van der Waals surface area contributed by atoms with E-state index in [1.54, 1.807) is 6.07 Å². The van der Waals surface area contributed by atoms with Gasteiger partial charge < -0.3 is 9.30 Å². The minimum Gasteiger partial charge on any atom is -0.465 e.